The molecule has 0 bridgehead atoms. The molecule has 1 aromatic carbocycles. The van der Waals surface area contributed by atoms with Gasteiger partial charge in [-0.05, 0) is 43.0 Å². The summed E-state index contributed by atoms with van der Waals surface area (Å²) in [4.78, 5) is 5.69. The first-order valence-corrected chi connectivity index (χ1v) is 9.08. The van der Waals surface area contributed by atoms with Crippen molar-refractivity contribution < 1.29 is 18.3 Å². The highest BCUT2D eigenvalue weighted by atomic mass is 127. The molecule has 0 aliphatic heterocycles. The third kappa shape index (κ3) is 7.49. The fourth-order valence-corrected chi connectivity index (χ4v) is 3.10. The third-order valence-electron chi connectivity index (χ3n) is 3.63. The van der Waals surface area contributed by atoms with Crippen LogP contribution in [0, 0.1) is 6.92 Å². The van der Waals surface area contributed by atoms with Crippen LogP contribution in [0.15, 0.2) is 34.6 Å². The second kappa shape index (κ2) is 12.0. The number of aryl methyl sites for hydroxylation is 1. The van der Waals surface area contributed by atoms with E-state index in [1.54, 1.807) is 23.5 Å². The number of nitrogens with one attached hydrogen (secondary N) is 2. The fraction of sp³-hybridized carbons (Fsp3) is 0.389. The van der Waals surface area contributed by atoms with Crippen molar-refractivity contribution in [2.24, 2.45) is 4.99 Å². The summed E-state index contributed by atoms with van der Waals surface area (Å²) in [5.41, 5.74) is 1.77. The first-order valence-electron chi connectivity index (χ1n) is 8.20. The highest BCUT2D eigenvalue weighted by molar-refractivity contribution is 14.0. The van der Waals surface area contributed by atoms with E-state index in [9.17, 15) is 8.78 Å². The van der Waals surface area contributed by atoms with Gasteiger partial charge >= 0.3 is 6.61 Å². The number of alkyl halides is 2. The molecular weight excluding hydrogens is 487 g/mol. The average Bonchev–Trinajstić information content (AvgIpc) is 3.02. The van der Waals surface area contributed by atoms with Gasteiger partial charge in [-0.2, -0.15) is 8.78 Å². The summed E-state index contributed by atoms with van der Waals surface area (Å²) < 4.78 is 35.0. The van der Waals surface area contributed by atoms with Gasteiger partial charge in [0, 0.05) is 23.1 Å². The Hall–Kier alpha value is -1.62. The molecule has 0 radical (unpaired) electrons. The topological polar surface area (TPSA) is 54.9 Å². The van der Waals surface area contributed by atoms with Gasteiger partial charge in [0.1, 0.15) is 11.5 Å². The Labute approximate surface area is 179 Å². The lowest BCUT2D eigenvalue weighted by Crippen LogP contribution is -2.36. The number of ether oxygens (including phenoxy) is 2. The summed E-state index contributed by atoms with van der Waals surface area (Å²) in [5, 5.41) is 8.44. The summed E-state index contributed by atoms with van der Waals surface area (Å²) in [6.45, 7) is 2.66. The Morgan fingerprint density at radius 2 is 2.04 bits per heavy atom. The largest absolute Gasteiger partial charge is 0.497 e. The maximum Gasteiger partial charge on any atom is 0.387 e. The zero-order chi connectivity index (χ0) is 18.9. The van der Waals surface area contributed by atoms with E-state index >= 15 is 0 Å². The van der Waals surface area contributed by atoms with Gasteiger partial charge in [0.25, 0.3) is 0 Å². The number of halogens is 3. The van der Waals surface area contributed by atoms with E-state index in [1.165, 1.54) is 23.6 Å². The fourth-order valence-electron chi connectivity index (χ4n) is 2.25. The highest BCUT2D eigenvalue weighted by Gasteiger charge is 2.11. The normalized spacial score (nSPS) is 11.1. The van der Waals surface area contributed by atoms with E-state index in [2.05, 4.69) is 33.4 Å². The molecule has 0 aliphatic carbocycles. The maximum absolute atomic E-state index is 12.6. The monoisotopic (exact) mass is 511 g/mol. The van der Waals surface area contributed by atoms with Crippen LogP contribution in [0.2, 0.25) is 0 Å². The zero-order valence-corrected chi connectivity index (χ0v) is 18.6. The van der Waals surface area contributed by atoms with Gasteiger partial charge in [0.15, 0.2) is 5.96 Å². The van der Waals surface area contributed by atoms with Crippen LogP contribution in [-0.4, -0.2) is 26.2 Å². The van der Waals surface area contributed by atoms with Crippen molar-refractivity contribution in [2.45, 2.75) is 33.5 Å². The Morgan fingerprint density at radius 1 is 1.26 bits per heavy atom. The lowest BCUT2D eigenvalue weighted by molar-refractivity contribution is -0.0505. The molecule has 150 valence electrons. The van der Waals surface area contributed by atoms with Crippen molar-refractivity contribution in [3.05, 3.63) is 45.6 Å². The number of nitrogens with zero attached hydrogens (tertiary/aromatic N) is 1. The van der Waals surface area contributed by atoms with Gasteiger partial charge in [-0.1, -0.05) is 0 Å². The minimum absolute atomic E-state index is 0. The SMILES string of the molecule is CCNC(=NCc1ccc(OC)cc1OC(F)F)NCc1sccc1C.I. The number of methoxy groups -OCH3 is 1. The summed E-state index contributed by atoms with van der Waals surface area (Å²) in [7, 11) is 1.47. The van der Waals surface area contributed by atoms with Crippen LogP contribution in [-0.2, 0) is 13.1 Å². The molecule has 1 aromatic heterocycles. The molecule has 2 aromatic rings. The number of benzene rings is 1. The molecule has 0 saturated carbocycles. The molecule has 0 amide bonds. The molecule has 2 rings (SSSR count). The minimum Gasteiger partial charge on any atom is -0.497 e. The molecular formula is C18H24F2IN3O2S. The van der Waals surface area contributed by atoms with Crippen LogP contribution in [0.1, 0.15) is 22.9 Å². The van der Waals surface area contributed by atoms with Crippen molar-refractivity contribution in [1.82, 2.24) is 10.6 Å². The molecule has 9 heteroatoms. The molecule has 0 unspecified atom stereocenters. The predicted octanol–water partition coefficient (Wildman–Crippen LogP) is 4.54. The van der Waals surface area contributed by atoms with Gasteiger partial charge in [0.05, 0.1) is 20.2 Å². The average molecular weight is 511 g/mol. The highest BCUT2D eigenvalue weighted by Crippen LogP contribution is 2.27. The van der Waals surface area contributed by atoms with Gasteiger partial charge in [0.2, 0.25) is 0 Å². The number of rotatable bonds is 8. The van der Waals surface area contributed by atoms with Crippen molar-refractivity contribution in [1.29, 1.82) is 0 Å². The van der Waals surface area contributed by atoms with E-state index in [-0.39, 0.29) is 36.3 Å². The van der Waals surface area contributed by atoms with Gasteiger partial charge in [-0.15, -0.1) is 35.3 Å². The van der Waals surface area contributed by atoms with E-state index in [0.717, 1.165) is 0 Å². The molecule has 2 N–H and O–H groups in total. The number of hydrogen-bond acceptors (Lipinski definition) is 4. The van der Waals surface area contributed by atoms with Crippen LogP contribution >= 0.6 is 35.3 Å². The van der Waals surface area contributed by atoms with Crippen molar-refractivity contribution in [2.75, 3.05) is 13.7 Å². The van der Waals surface area contributed by atoms with Crippen molar-refractivity contribution in [3.8, 4) is 11.5 Å². The molecule has 0 fully saturated rings. The first kappa shape index (κ1) is 23.4. The molecule has 0 saturated heterocycles. The second-order valence-electron chi connectivity index (χ2n) is 5.43. The Balaban J connectivity index is 0.00000364. The molecule has 1 heterocycles. The van der Waals surface area contributed by atoms with Crippen LogP contribution in [0.5, 0.6) is 11.5 Å². The van der Waals surface area contributed by atoms with Crippen molar-refractivity contribution >= 4 is 41.3 Å². The van der Waals surface area contributed by atoms with Crippen LogP contribution in [0.3, 0.4) is 0 Å². The van der Waals surface area contributed by atoms with Crippen LogP contribution < -0.4 is 20.1 Å². The number of thiophene rings is 1. The summed E-state index contributed by atoms with van der Waals surface area (Å²) in [6.07, 6.45) is 0. The van der Waals surface area contributed by atoms with Gasteiger partial charge in [-0.25, -0.2) is 4.99 Å². The number of aliphatic imine (C=N–C) groups is 1. The lowest BCUT2D eigenvalue weighted by atomic mass is 10.2. The predicted molar refractivity (Wildman–Crippen MR) is 116 cm³/mol. The van der Waals surface area contributed by atoms with E-state index in [1.807, 2.05) is 12.3 Å². The molecule has 0 spiro atoms. The molecule has 27 heavy (non-hydrogen) atoms. The summed E-state index contributed by atoms with van der Waals surface area (Å²) in [6, 6.07) is 6.87. The Morgan fingerprint density at radius 3 is 2.63 bits per heavy atom. The van der Waals surface area contributed by atoms with Crippen LogP contribution in [0.4, 0.5) is 8.78 Å². The Kier molecular flexibility index (Phi) is 10.4. The summed E-state index contributed by atoms with van der Waals surface area (Å²) >= 11 is 1.67. The third-order valence-corrected chi connectivity index (χ3v) is 4.65. The lowest BCUT2D eigenvalue weighted by Gasteiger charge is -2.13. The number of hydrogen-bond donors (Lipinski definition) is 2. The standard InChI is InChI=1S/C18H23F2N3O2S.HI/c1-4-21-18(23-11-16-12(2)7-8-26-16)22-10-13-5-6-14(24-3)9-15(13)25-17(19)20;/h5-9,17H,4,10-11H2,1-3H3,(H2,21,22,23);1H. The molecule has 5 nitrogen and oxygen atoms in total. The van der Waals surface area contributed by atoms with Gasteiger partial charge in [-0.3, -0.25) is 0 Å². The van der Waals surface area contributed by atoms with E-state index < -0.39 is 6.61 Å². The van der Waals surface area contributed by atoms with Crippen molar-refractivity contribution in [3.63, 3.8) is 0 Å². The molecule has 0 atom stereocenters. The van der Waals surface area contributed by atoms with Crippen LogP contribution in [0.25, 0.3) is 0 Å². The molecule has 0 aliphatic rings. The number of guanidine groups is 1. The zero-order valence-electron chi connectivity index (χ0n) is 15.4. The minimum atomic E-state index is -2.90. The van der Waals surface area contributed by atoms with E-state index in [0.29, 0.717) is 30.4 Å². The smallest absolute Gasteiger partial charge is 0.387 e. The summed E-state index contributed by atoms with van der Waals surface area (Å²) in [5.74, 6) is 1.12. The maximum atomic E-state index is 12.6. The second-order valence-corrected chi connectivity index (χ2v) is 6.43. The quantitative estimate of drug-likeness (QED) is 0.311. The first-order chi connectivity index (χ1) is 12.5. The Bertz CT molecular complexity index is 741. The van der Waals surface area contributed by atoms with E-state index in [4.69, 9.17) is 4.74 Å². The van der Waals surface area contributed by atoms with Gasteiger partial charge < -0.3 is 20.1 Å².